The van der Waals surface area contributed by atoms with Gasteiger partial charge in [0.2, 0.25) is 5.95 Å². The monoisotopic (exact) mass is 472 g/mol. The van der Waals surface area contributed by atoms with Gasteiger partial charge in [-0.3, -0.25) is 9.78 Å². The molecule has 0 saturated carbocycles. The zero-order valence-corrected chi connectivity index (χ0v) is 19.3. The van der Waals surface area contributed by atoms with E-state index >= 15 is 0 Å². The van der Waals surface area contributed by atoms with E-state index in [0.29, 0.717) is 28.2 Å². The summed E-state index contributed by atoms with van der Waals surface area (Å²) in [6.07, 6.45) is 5.19. The van der Waals surface area contributed by atoms with E-state index in [4.69, 9.17) is 25.7 Å². The van der Waals surface area contributed by atoms with Gasteiger partial charge in [-0.25, -0.2) is 4.98 Å². The largest absolute Gasteiger partial charge is 0.472 e. The lowest BCUT2D eigenvalue weighted by atomic mass is 10.1. The number of aromatic nitrogens is 3. The number of ketones is 1. The molecule has 0 aliphatic rings. The Morgan fingerprint density at radius 1 is 1.12 bits per heavy atom. The summed E-state index contributed by atoms with van der Waals surface area (Å²) in [7, 11) is 1.95. The number of hydrogen-bond donors (Lipinski definition) is 1. The van der Waals surface area contributed by atoms with Crippen molar-refractivity contribution in [1.29, 1.82) is 0 Å². The Balaban J connectivity index is 1.40. The average molecular weight is 473 g/mol. The quantitative estimate of drug-likeness (QED) is 0.289. The van der Waals surface area contributed by atoms with Crippen LogP contribution in [0.3, 0.4) is 0 Å². The smallest absolute Gasteiger partial charge is 0.208 e. The topological polar surface area (TPSA) is 82.2 Å². The molecule has 0 atom stereocenters. The molecule has 170 valence electrons. The maximum Gasteiger partial charge on any atom is 0.208 e. The van der Waals surface area contributed by atoms with Crippen LogP contribution in [-0.4, -0.2) is 20.3 Å². The molecule has 0 amide bonds. The maximum absolute atomic E-state index is 11.4. The van der Waals surface area contributed by atoms with E-state index in [2.05, 4.69) is 10.3 Å². The summed E-state index contributed by atoms with van der Waals surface area (Å²) in [5.74, 6) is 2.00. The second-order valence-corrected chi connectivity index (χ2v) is 8.35. The molecular weight excluding hydrogens is 452 g/mol. The van der Waals surface area contributed by atoms with Gasteiger partial charge in [0.25, 0.3) is 0 Å². The van der Waals surface area contributed by atoms with Crippen molar-refractivity contribution in [2.45, 2.75) is 13.3 Å². The highest BCUT2D eigenvalue weighted by Gasteiger charge is 2.12. The molecule has 0 radical (unpaired) electrons. The van der Waals surface area contributed by atoms with Crippen LogP contribution < -0.4 is 10.1 Å². The number of pyridine rings is 1. The van der Waals surface area contributed by atoms with Crippen LogP contribution in [-0.2, 0) is 18.3 Å². The first-order valence-electron chi connectivity index (χ1n) is 10.6. The lowest BCUT2D eigenvalue weighted by molar-refractivity contribution is -0.116. The maximum atomic E-state index is 11.4. The second-order valence-electron chi connectivity index (χ2n) is 7.94. The van der Waals surface area contributed by atoms with Gasteiger partial charge in [-0.2, -0.15) is 0 Å². The third-order valence-electron chi connectivity index (χ3n) is 5.36. The van der Waals surface area contributed by atoms with Crippen molar-refractivity contribution in [3.05, 3.63) is 84.0 Å². The number of nitrogens with one attached hydrogen (secondary N) is 1. The van der Waals surface area contributed by atoms with Gasteiger partial charge in [0.05, 0.1) is 29.3 Å². The van der Waals surface area contributed by atoms with Gasteiger partial charge in [0.15, 0.2) is 0 Å². The summed E-state index contributed by atoms with van der Waals surface area (Å²) in [4.78, 5) is 20.3. The third kappa shape index (κ3) is 4.51. The van der Waals surface area contributed by atoms with Crippen LogP contribution in [0.2, 0.25) is 5.02 Å². The van der Waals surface area contributed by atoms with E-state index in [1.807, 2.05) is 54.1 Å². The van der Waals surface area contributed by atoms with Gasteiger partial charge in [0.1, 0.15) is 17.3 Å². The molecule has 5 aromatic rings. The minimum Gasteiger partial charge on any atom is -0.472 e. The number of imidazole rings is 1. The summed E-state index contributed by atoms with van der Waals surface area (Å²) < 4.78 is 13.2. The molecule has 5 rings (SSSR count). The van der Waals surface area contributed by atoms with Crippen LogP contribution in [0.1, 0.15) is 12.6 Å². The summed E-state index contributed by atoms with van der Waals surface area (Å²) in [6.45, 7) is 1.54. The van der Waals surface area contributed by atoms with Crippen molar-refractivity contribution in [3.63, 3.8) is 0 Å². The van der Waals surface area contributed by atoms with E-state index in [1.54, 1.807) is 30.9 Å². The Morgan fingerprint density at radius 2 is 1.97 bits per heavy atom. The second kappa shape index (κ2) is 9.03. The molecular formula is C26H21ClN4O3. The predicted octanol–water partition coefficient (Wildman–Crippen LogP) is 6.55. The number of hydrogen-bond acceptors (Lipinski definition) is 6. The van der Waals surface area contributed by atoms with E-state index in [1.165, 1.54) is 6.92 Å². The first kappa shape index (κ1) is 21.7. The number of furan rings is 1. The number of carbonyl (C=O) groups excluding carboxylic acids is 1. The lowest BCUT2D eigenvalue weighted by Gasteiger charge is -2.09. The molecule has 3 heterocycles. The number of fused-ring (bicyclic) bond motifs is 1. The van der Waals surface area contributed by atoms with E-state index in [0.717, 1.165) is 27.8 Å². The van der Waals surface area contributed by atoms with Crippen molar-refractivity contribution in [3.8, 4) is 22.6 Å². The molecule has 3 aromatic heterocycles. The molecule has 34 heavy (non-hydrogen) atoms. The summed E-state index contributed by atoms with van der Waals surface area (Å²) >= 11 is 6.38. The number of rotatable bonds is 7. The lowest BCUT2D eigenvalue weighted by Crippen LogP contribution is -1.99. The Kier molecular flexibility index (Phi) is 5.77. The van der Waals surface area contributed by atoms with Gasteiger partial charge in [0, 0.05) is 53.6 Å². The average Bonchev–Trinajstić information content (AvgIpc) is 3.44. The summed E-state index contributed by atoms with van der Waals surface area (Å²) in [6, 6.07) is 16.8. The Bertz CT molecular complexity index is 1490. The fourth-order valence-electron chi connectivity index (χ4n) is 3.73. The predicted molar refractivity (Wildman–Crippen MR) is 132 cm³/mol. The van der Waals surface area contributed by atoms with E-state index in [9.17, 15) is 4.79 Å². The molecule has 8 heteroatoms. The molecule has 2 aromatic carbocycles. The van der Waals surface area contributed by atoms with E-state index in [-0.39, 0.29) is 12.2 Å². The van der Waals surface area contributed by atoms with Crippen LogP contribution in [0.5, 0.6) is 11.5 Å². The molecule has 0 spiro atoms. The number of ether oxygens (including phenoxy) is 1. The van der Waals surface area contributed by atoms with Crippen molar-refractivity contribution < 1.29 is 13.9 Å². The first-order chi connectivity index (χ1) is 16.5. The molecule has 0 fully saturated rings. The van der Waals surface area contributed by atoms with Crippen molar-refractivity contribution >= 4 is 40.1 Å². The van der Waals surface area contributed by atoms with Gasteiger partial charge in [-0.15, -0.1) is 0 Å². The van der Waals surface area contributed by atoms with E-state index < -0.39 is 0 Å². The molecule has 0 bridgehead atoms. The molecule has 0 unspecified atom stereocenters. The number of aryl methyl sites for hydroxylation is 1. The van der Waals surface area contributed by atoms with Crippen LogP contribution in [0, 0.1) is 0 Å². The molecule has 7 nitrogen and oxygen atoms in total. The Labute approximate surface area is 201 Å². The highest BCUT2D eigenvalue weighted by Crippen LogP contribution is 2.33. The fraction of sp³-hybridized carbons (Fsp3) is 0.115. The first-order valence-corrected chi connectivity index (χ1v) is 11.0. The number of carbonyl (C=O) groups is 1. The number of halogens is 1. The minimum atomic E-state index is 0.0529. The van der Waals surface area contributed by atoms with Gasteiger partial charge in [-0.1, -0.05) is 11.6 Å². The highest BCUT2D eigenvalue weighted by molar-refractivity contribution is 6.33. The van der Waals surface area contributed by atoms with Crippen LogP contribution >= 0.6 is 11.6 Å². The van der Waals surface area contributed by atoms with Crippen molar-refractivity contribution in [1.82, 2.24) is 14.5 Å². The number of anilines is 2. The summed E-state index contributed by atoms with van der Waals surface area (Å²) in [5.41, 5.74) is 5.04. The van der Waals surface area contributed by atoms with Crippen LogP contribution in [0.4, 0.5) is 11.6 Å². The third-order valence-corrected chi connectivity index (χ3v) is 5.69. The molecule has 0 aliphatic heterocycles. The van der Waals surface area contributed by atoms with Gasteiger partial charge >= 0.3 is 0 Å². The summed E-state index contributed by atoms with van der Waals surface area (Å²) in [5, 5.41) is 4.01. The zero-order chi connectivity index (χ0) is 23.7. The number of nitrogens with zero attached hydrogens (tertiary/aromatic N) is 3. The van der Waals surface area contributed by atoms with Crippen LogP contribution in [0.25, 0.3) is 22.2 Å². The number of Topliss-reactive ketones (excluding diaryl/α,β-unsaturated/α-hetero) is 1. The van der Waals surface area contributed by atoms with Crippen LogP contribution in [0.15, 0.2) is 77.7 Å². The fourth-order valence-corrected chi connectivity index (χ4v) is 3.96. The SMILES string of the molecule is CC(=O)Cc1cc(Oc2ccc3c(c2)nc(Nc2ccc(Cl)c(-c4ccoc4)c2)n3C)ccn1. The standard InChI is InChI=1S/C26H21ClN4O3/c1-16(32)11-19-12-21(7-9-28-19)34-20-4-6-25-24(14-20)30-26(31(25)2)29-18-3-5-23(27)22(13-18)17-8-10-33-15-17/h3-10,12-15H,11H2,1-2H3,(H,29,30). The Morgan fingerprint density at radius 3 is 2.76 bits per heavy atom. The van der Waals surface area contributed by atoms with Crippen molar-refractivity contribution in [2.24, 2.45) is 7.05 Å². The molecule has 0 saturated heterocycles. The highest BCUT2D eigenvalue weighted by atomic mass is 35.5. The van der Waals surface area contributed by atoms with Gasteiger partial charge in [-0.05, 0) is 49.4 Å². The van der Waals surface area contributed by atoms with Crippen molar-refractivity contribution in [2.75, 3.05) is 5.32 Å². The van der Waals surface area contributed by atoms with Gasteiger partial charge < -0.3 is 19.0 Å². The number of benzene rings is 2. The molecule has 1 N–H and O–H groups in total. The Hall–Kier alpha value is -4.10. The minimum absolute atomic E-state index is 0.0529. The molecule has 0 aliphatic carbocycles. The normalized spacial score (nSPS) is 11.0. The zero-order valence-electron chi connectivity index (χ0n) is 18.6.